The minimum atomic E-state index is -0.539. The Morgan fingerprint density at radius 2 is 2.21 bits per heavy atom. The van der Waals surface area contributed by atoms with Crippen LogP contribution in [0.15, 0.2) is 29.0 Å². The molecule has 0 bridgehead atoms. The van der Waals surface area contributed by atoms with Gasteiger partial charge in [0.1, 0.15) is 12.1 Å². The molecule has 0 fully saturated rings. The average Bonchev–Trinajstić information content (AvgIpc) is 2.64. The van der Waals surface area contributed by atoms with Crippen LogP contribution in [-0.2, 0) is 0 Å². The second kappa shape index (κ2) is 3.31. The summed E-state index contributed by atoms with van der Waals surface area (Å²) in [5.74, 6) is -0.267. The molecule has 1 aromatic heterocycles. The lowest BCUT2D eigenvalue weighted by atomic mass is 10.2. The highest BCUT2D eigenvalue weighted by Gasteiger charge is 2.11. The molecule has 72 valence electrons. The topological polar surface area (TPSA) is 52.0 Å². The van der Waals surface area contributed by atoms with E-state index in [9.17, 15) is 4.39 Å². The molecule has 3 nitrogen and oxygen atoms in total. The summed E-state index contributed by atoms with van der Waals surface area (Å²) in [4.78, 5) is 3.86. The van der Waals surface area contributed by atoms with Crippen LogP contribution in [-0.4, -0.2) is 4.98 Å². The Morgan fingerprint density at radius 1 is 1.43 bits per heavy atom. The van der Waals surface area contributed by atoms with Crippen LogP contribution < -0.4 is 5.73 Å². The first-order valence-corrected chi connectivity index (χ1v) is 4.20. The maximum Gasteiger partial charge on any atom is 0.227 e. The second-order valence-electron chi connectivity index (χ2n) is 2.69. The zero-order valence-electron chi connectivity index (χ0n) is 7.00. The normalized spacial score (nSPS) is 10.4. The van der Waals surface area contributed by atoms with E-state index in [4.69, 9.17) is 21.8 Å². The van der Waals surface area contributed by atoms with Crippen molar-refractivity contribution in [3.8, 4) is 11.5 Å². The van der Waals surface area contributed by atoms with Crippen LogP contribution in [0.3, 0.4) is 0 Å². The van der Waals surface area contributed by atoms with E-state index in [1.54, 1.807) is 0 Å². The zero-order chi connectivity index (χ0) is 10.1. The smallest absolute Gasteiger partial charge is 0.227 e. The van der Waals surface area contributed by atoms with E-state index in [1.807, 2.05) is 0 Å². The number of oxazole rings is 1. The number of hydrogen-bond donors (Lipinski definition) is 1. The Morgan fingerprint density at radius 3 is 2.86 bits per heavy atom. The number of nitrogens with zero attached hydrogens (tertiary/aromatic N) is 1. The van der Waals surface area contributed by atoms with Crippen LogP contribution in [0.1, 0.15) is 0 Å². The molecule has 0 unspecified atom stereocenters. The van der Waals surface area contributed by atoms with Crippen molar-refractivity contribution >= 4 is 17.3 Å². The molecule has 0 saturated carbocycles. The van der Waals surface area contributed by atoms with Crippen molar-refractivity contribution in [3.05, 3.63) is 35.4 Å². The van der Waals surface area contributed by atoms with Gasteiger partial charge in [0.25, 0.3) is 0 Å². The molecule has 5 heteroatoms. The first-order valence-electron chi connectivity index (χ1n) is 3.83. The summed E-state index contributed by atoms with van der Waals surface area (Å²) >= 11 is 5.85. The van der Waals surface area contributed by atoms with Crippen molar-refractivity contribution in [2.45, 2.75) is 0 Å². The van der Waals surface area contributed by atoms with Gasteiger partial charge >= 0.3 is 0 Å². The predicted octanol–water partition coefficient (Wildman–Crippen LogP) is 2.72. The molecule has 0 radical (unpaired) electrons. The molecule has 0 atom stereocenters. The highest BCUT2D eigenvalue weighted by atomic mass is 35.5. The number of nitrogen functional groups attached to an aromatic ring is 1. The molecule has 1 heterocycles. The predicted molar refractivity (Wildman–Crippen MR) is 51.3 cm³/mol. The van der Waals surface area contributed by atoms with E-state index in [1.165, 1.54) is 24.6 Å². The summed E-state index contributed by atoms with van der Waals surface area (Å²) in [5, 5.41) is 0.311. The van der Waals surface area contributed by atoms with Crippen molar-refractivity contribution in [3.63, 3.8) is 0 Å². The molecule has 0 aliphatic heterocycles. The van der Waals surface area contributed by atoms with Crippen LogP contribution >= 0.6 is 11.6 Å². The summed E-state index contributed by atoms with van der Waals surface area (Å²) in [5.41, 5.74) is 5.73. The van der Waals surface area contributed by atoms with Gasteiger partial charge in [0.2, 0.25) is 5.89 Å². The van der Waals surface area contributed by atoms with Crippen LogP contribution in [0.2, 0.25) is 5.02 Å². The lowest BCUT2D eigenvalue weighted by Gasteiger charge is -2.02. The van der Waals surface area contributed by atoms with E-state index in [-0.39, 0.29) is 11.6 Å². The number of aromatic nitrogens is 1. The summed E-state index contributed by atoms with van der Waals surface area (Å²) in [6.07, 6.45) is 2.85. The molecule has 2 aromatic rings. The van der Waals surface area contributed by atoms with Crippen molar-refractivity contribution < 1.29 is 8.81 Å². The molecule has 1 aromatic carbocycles. The average molecular weight is 213 g/mol. The van der Waals surface area contributed by atoms with Gasteiger partial charge in [-0.25, -0.2) is 9.37 Å². The van der Waals surface area contributed by atoms with Crippen LogP contribution in [0, 0.1) is 5.82 Å². The summed E-state index contributed by atoms with van der Waals surface area (Å²) in [6, 6.07) is 2.53. The lowest BCUT2D eigenvalue weighted by Crippen LogP contribution is -1.91. The Labute approximate surface area is 84.3 Å². The van der Waals surface area contributed by atoms with E-state index in [2.05, 4.69) is 4.98 Å². The highest BCUT2D eigenvalue weighted by Crippen LogP contribution is 2.30. The van der Waals surface area contributed by atoms with Gasteiger partial charge < -0.3 is 10.2 Å². The number of anilines is 1. The standard InChI is InChI=1S/C9H6ClFN2O/c10-6-4-8(12)7(11)3-5(6)9-13-1-2-14-9/h1-4H,12H2. The van der Waals surface area contributed by atoms with Gasteiger partial charge in [0, 0.05) is 0 Å². The van der Waals surface area contributed by atoms with Crippen molar-refractivity contribution in [1.82, 2.24) is 4.98 Å². The van der Waals surface area contributed by atoms with Gasteiger partial charge in [0.15, 0.2) is 0 Å². The second-order valence-corrected chi connectivity index (χ2v) is 3.10. The van der Waals surface area contributed by atoms with Gasteiger partial charge in [-0.05, 0) is 12.1 Å². The van der Waals surface area contributed by atoms with Gasteiger partial charge in [-0.1, -0.05) is 11.6 Å². The zero-order valence-corrected chi connectivity index (χ0v) is 7.75. The molecule has 0 aliphatic carbocycles. The molecule has 2 N–H and O–H groups in total. The number of halogens is 2. The Hall–Kier alpha value is -1.55. The molecule has 0 amide bonds. The summed E-state index contributed by atoms with van der Waals surface area (Å²) in [6.45, 7) is 0. The largest absolute Gasteiger partial charge is 0.444 e. The maximum atomic E-state index is 13.1. The minimum absolute atomic E-state index is 0.00491. The minimum Gasteiger partial charge on any atom is -0.444 e. The monoisotopic (exact) mass is 212 g/mol. The first-order chi connectivity index (χ1) is 6.68. The number of hydrogen-bond acceptors (Lipinski definition) is 3. The van der Waals surface area contributed by atoms with Crippen molar-refractivity contribution in [2.75, 3.05) is 5.73 Å². The van der Waals surface area contributed by atoms with E-state index in [0.717, 1.165) is 0 Å². The van der Waals surface area contributed by atoms with Crippen molar-refractivity contribution in [1.29, 1.82) is 0 Å². The molecule has 14 heavy (non-hydrogen) atoms. The number of rotatable bonds is 1. The third-order valence-corrected chi connectivity index (χ3v) is 2.06. The number of nitrogens with two attached hydrogens (primary N) is 1. The summed E-state index contributed by atoms with van der Waals surface area (Å²) < 4.78 is 18.1. The Kier molecular flexibility index (Phi) is 2.13. The highest BCUT2D eigenvalue weighted by molar-refractivity contribution is 6.33. The third kappa shape index (κ3) is 1.44. The lowest BCUT2D eigenvalue weighted by molar-refractivity contribution is 0.572. The molecule has 0 saturated heterocycles. The fourth-order valence-electron chi connectivity index (χ4n) is 1.08. The fraction of sp³-hybridized carbons (Fsp3) is 0. The first kappa shape index (κ1) is 9.02. The molecular weight excluding hydrogens is 207 g/mol. The fourth-order valence-corrected chi connectivity index (χ4v) is 1.34. The molecular formula is C9H6ClFN2O. The molecule has 0 aliphatic rings. The molecule has 0 spiro atoms. The van der Waals surface area contributed by atoms with Gasteiger partial charge in [-0.15, -0.1) is 0 Å². The quantitative estimate of drug-likeness (QED) is 0.740. The number of benzene rings is 1. The molecule has 2 rings (SSSR count). The van der Waals surface area contributed by atoms with Crippen LogP contribution in [0.25, 0.3) is 11.5 Å². The van der Waals surface area contributed by atoms with E-state index in [0.29, 0.717) is 10.6 Å². The van der Waals surface area contributed by atoms with Gasteiger partial charge in [-0.3, -0.25) is 0 Å². The maximum absolute atomic E-state index is 13.1. The SMILES string of the molecule is Nc1cc(Cl)c(-c2ncco2)cc1F. The van der Waals surface area contributed by atoms with Gasteiger partial charge in [-0.2, -0.15) is 0 Å². The third-order valence-electron chi connectivity index (χ3n) is 1.75. The van der Waals surface area contributed by atoms with E-state index >= 15 is 0 Å². The van der Waals surface area contributed by atoms with Gasteiger partial charge in [0.05, 0.1) is 22.5 Å². The van der Waals surface area contributed by atoms with Crippen molar-refractivity contribution in [2.24, 2.45) is 0 Å². The Balaban J connectivity index is 2.60. The van der Waals surface area contributed by atoms with Crippen LogP contribution in [0.4, 0.5) is 10.1 Å². The van der Waals surface area contributed by atoms with Crippen LogP contribution in [0.5, 0.6) is 0 Å². The van der Waals surface area contributed by atoms with E-state index < -0.39 is 5.82 Å². The summed E-state index contributed by atoms with van der Waals surface area (Å²) in [7, 11) is 0. The Bertz CT molecular complexity index is 456.